The molecule has 0 bridgehead atoms. The number of nitrogens with one attached hydrogen (secondary N) is 1. The summed E-state index contributed by atoms with van der Waals surface area (Å²) in [6.07, 6.45) is 7.12. The molecule has 0 saturated carbocycles. The van der Waals surface area contributed by atoms with Crippen LogP contribution in [0.25, 0.3) is 0 Å². The molecular weight excluding hydrogens is 398 g/mol. The Morgan fingerprint density at radius 1 is 0.938 bits per heavy atom. The van der Waals surface area contributed by atoms with Gasteiger partial charge in [-0.05, 0) is 68.2 Å². The minimum Gasteiger partial charge on any atom is -0.371 e. The topological polar surface area (TPSA) is 52.7 Å². The first-order valence-electron chi connectivity index (χ1n) is 12.2. The van der Waals surface area contributed by atoms with E-state index in [0.717, 1.165) is 69.5 Å². The number of nitrogens with zero attached hydrogens (tertiary/aromatic N) is 2. The first-order valence-corrected chi connectivity index (χ1v) is 12.2. The Labute approximate surface area is 191 Å². The molecule has 2 amide bonds. The third kappa shape index (κ3) is 5.50. The predicted molar refractivity (Wildman–Crippen MR) is 130 cm³/mol. The Morgan fingerprint density at radius 3 is 2.34 bits per heavy atom. The van der Waals surface area contributed by atoms with Crippen molar-refractivity contribution in [2.45, 2.75) is 51.9 Å². The number of carbonyl (C=O) groups is 2. The molecule has 1 N–H and O–H groups in total. The van der Waals surface area contributed by atoms with Crippen LogP contribution in [0.15, 0.2) is 48.5 Å². The summed E-state index contributed by atoms with van der Waals surface area (Å²) in [6.45, 7) is 5.39. The van der Waals surface area contributed by atoms with Crippen LogP contribution in [0, 0.1) is 5.92 Å². The molecule has 5 heteroatoms. The molecule has 0 spiro atoms. The van der Waals surface area contributed by atoms with Crippen LogP contribution in [0.1, 0.15) is 61.4 Å². The molecule has 2 aromatic carbocycles. The number of amides is 2. The van der Waals surface area contributed by atoms with Gasteiger partial charge < -0.3 is 15.1 Å². The van der Waals surface area contributed by atoms with Crippen LogP contribution in [-0.2, 0) is 11.2 Å². The largest absolute Gasteiger partial charge is 0.371 e. The number of carbonyl (C=O) groups excluding carboxylic acids is 2. The maximum Gasteiger partial charge on any atom is 0.256 e. The molecular formula is C27H35N3O2. The van der Waals surface area contributed by atoms with Gasteiger partial charge in [-0.1, -0.05) is 37.3 Å². The fourth-order valence-electron chi connectivity index (χ4n) is 4.90. The maximum atomic E-state index is 13.5. The Kier molecular flexibility index (Phi) is 7.46. The van der Waals surface area contributed by atoms with E-state index in [1.807, 2.05) is 30.0 Å². The first kappa shape index (κ1) is 22.4. The normalized spacial score (nSPS) is 17.3. The standard InChI is InChI=1S/C27H35N3O2/c1-2-26(31)28-23-11-12-25(24(20-23)27(32)30-15-7-4-8-16-30)29-17-13-22(14-18-29)19-21-9-5-3-6-10-21/h3,5-6,9-12,20,22H,2,4,7-8,13-19H2,1H3,(H,28,31). The van der Waals surface area contributed by atoms with E-state index in [1.54, 1.807) is 0 Å². The van der Waals surface area contributed by atoms with E-state index in [-0.39, 0.29) is 11.8 Å². The van der Waals surface area contributed by atoms with Gasteiger partial charge in [0.15, 0.2) is 0 Å². The Hall–Kier alpha value is -2.82. The number of anilines is 2. The van der Waals surface area contributed by atoms with E-state index in [2.05, 4.69) is 40.5 Å². The second-order valence-corrected chi connectivity index (χ2v) is 9.11. The smallest absolute Gasteiger partial charge is 0.256 e. The molecule has 2 aliphatic heterocycles. The van der Waals surface area contributed by atoms with Gasteiger partial charge in [0.1, 0.15) is 0 Å². The van der Waals surface area contributed by atoms with Crippen LogP contribution < -0.4 is 10.2 Å². The summed E-state index contributed by atoms with van der Waals surface area (Å²) >= 11 is 0. The molecule has 0 atom stereocenters. The molecule has 2 fully saturated rings. The monoisotopic (exact) mass is 433 g/mol. The summed E-state index contributed by atoms with van der Waals surface area (Å²) in [7, 11) is 0. The highest BCUT2D eigenvalue weighted by molar-refractivity contribution is 6.02. The summed E-state index contributed by atoms with van der Waals surface area (Å²) in [6, 6.07) is 16.6. The van der Waals surface area contributed by atoms with Crippen molar-refractivity contribution in [3.63, 3.8) is 0 Å². The lowest BCUT2D eigenvalue weighted by molar-refractivity contribution is -0.115. The summed E-state index contributed by atoms with van der Waals surface area (Å²) in [5, 5.41) is 2.93. The zero-order chi connectivity index (χ0) is 22.3. The van der Waals surface area contributed by atoms with Gasteiger partial charge in [0.25, 0.3) is 5.91 Å². The Morgan fingerprint density at radius 2 is 1.66 bits per heavy atom. The summed E-state index contributed by atoms with van der Waals surface area (Å²) in [5.74, 6) is 0.743. The Balaban J connectivity index is 1.50. The van der Waals surface area contributed by atoms with Gasteiger partial charge in [-0.2, -0.15) is 0 Å². The number of hydrogen-bond donors (Lipinski definition) is 1. The van der Waals surface area contributed by atoms with Crippen LogP contribution in [0.3, 0.4) is 0 Å². The van der Waals surface area contributed by atoms with Crippen molar-refractivity contribution in [2.75, 3.05) is 36.4 Å². The molecule has 0 unspecified atom stereocenters. The van der Waals surface area contributed by atoms with Crippen molar-refractivity contribution in [3.05, 3.63) is 59.7 Å². The van der Waals surface area contributed by atoms with Gasteiger partial charge in [-0.25, -0.2) is 0 Å². The predicted octanol–water partition coefficient (Wildman–Crippen LogP) is 5.12. The number of hydrogen-bond acceptors (Lipinski definition) is 3. The molecule has 4 rings (SSSR count). The fraction of sp³-hybridized carbons (Fsp3) is 0.481. The zero-order valence-corrected chi connectivity index (χ0v) is 19.2. The van der Waals surface area contributed by atoms with E-state index in [1.165, 1.54) is 12.0 Å². The van der Waals surface area contributed by atoms with Gasteiger partial charge in [0.2, 0.25) is 5.91 Å². The van der Waals surface area contributed by atoms with Crippen molar-refractivity contribution >= 4 is 23.2 Å². The average molecular weight is 434 g/mol. The molecule has 170 valence electrons. The molecule has 2 aliphatic rings. The number of piperidine rings is 2. The molecule has 32 heavy (non-hydrogen) atoms. The second kappa shape index (κ2) is 10.7. The fourth-order valence-corrected chi connectivity index (χ4v) is 4.90. The summed E-state index contributed by atoms with van der Waals surface area (Å²) < 4.78 is 0. The second-order valence-electron chi connectivity index (χ2n) is 9.11. The van der Waals surface area contributed by atoms with Crippen LogP contribution in [-0.4, -0.2) is 42.9 Å². The van der Waals surface area contributed by atoms with Gasteiger partial charge in [0.05, 0.1) is 5.56 Å². The summed E-state index contributed by atoms with van der Waals surface area (Å²) in [4.78, 5) is 29.7. The van der Waals surface area contributed by atoms with Crippen molar-refractivity contribution in [1.29, 1.82) is 0 Å². The van der Waals surface area contributed by atoms with Crippen molar-refractivity contribution in [2.24, 2.45) is 5.92 Å². The third-order valence-electron chi connectivity index (χ3n) is 6.80. The van der Waals surface area contributed by atoms with Gasteiger partial charge in [-0.3, -0.25) is 9.59 Å². The maximum absolute atomic E-state index is 13.5. The number of likely N-dealkylation sites (tertiary alicyclic amines) is 1. The van der Waals surface area contributed by atoms with Gasteiger partial charge >= 0.3 is 0 Å². The first-order chi connectivity index (χ1) is 15.6. The molecule has 2 saturated heterocycles. The van der Waals surface area contributed by atoms with Crippen molar-refractivity contribution in [1.82, 2.24) is 4.90 Å². The van der Waals surface area contributed by atoms with E-state index in [9.17, 15) is 9.59 Å². The summed E-state index contributed by atoms with van der Waals surface area (Å²) in [5.41, 5.74) is 3.85. The lowest BCUT2D eigenvalue weighted by atomic mass is 9.89. The van der Waals surface area contributed by atoms with Crippen molar-refractivity contribution in [3.8, 4) is 0 Å². The highest BCUT2D eigenvalue weighted by atomic mass is 16.2. The molecule has 0 aromatic heterocycles. The lowest BCUT2D eigenvalue weighted by Crippen LogP contribution is -2.39. The molecule has 2 heterocycles. The van der Waals surface area contributed by atoms with E-state index < -0.39 is 0 Å². The zero-order valence-electron chi connectivity index (χ0n) is 19.2. The van der Waals surface area contributed by atoms with Gasteiger partial charge in [-0.15, -0.1) is 0 Å². The van der Waals surface area contributed by atoms with Crippen molar-refractivity contribution < 1.29 is 9.59 Å². The van der Waals surface area contributed by atoms with Crippen LogP contribution in [0.2, 0.25) is 0 Å². The average Bonchev–Trinajstić information content (AvgIpc) is 2.85. The minimum atomic E-state index is -0.0316. The van der Waals surface area contributed by atoms with E-state index >= 15 is 0 Å². The SMILES string of the molecule is CCC(=O)Nc1ccc(N2CCC(Cc3ccccc3)CC2)c(C(=O)N2CCCCC2)c1. The Bertz CT molecular complexity index is 914. The lowest BCUT2D eigenvalue weighted by Gasteiger charge is -2.36. The number of rotatable bonds is 6. The molecule has 0 radical (unpaired) electrons. The molecule has 2 aromatic rings. The van der Waals surface area contributed by atoms with E-state index in [0.29, 0.717) is 18.0 Å². The highest BCUT2D eigenvalue weighted by Crippen LogP contribution is 2.31. The third-order valence-corrected chi connectivity index (χ3v) is 6.80. The quantitative estimate of drug-likeness (QED) is 0.688. The van der Waals surface area contributed by atoms with Gasteiger partial charge in [0, 0.05) is 44.0 Å². The van der Waals surface area contributed by atoms with Crippen LogP contribution >= 0.6 is 0 Å². The highest BCUT2D eigenvalue weighted by Gasteiger charge is 2.26. The molecule has 5 nitrogen and oxygen atoms in total. The molecule has 0 aliphatic carbocycles. The van der Waals surface area contributed by atoms with Crippen LogP contribution in [0.5, 0.6) is 0 Å². The number of benzene rings is 2. The minimum absolute atomic E-state index is 0.0316. The van der Waals surface area contributed by atoms with E-state index in [4.69, 9.17) is 0 Å². The van der Waals surface area contributed by atoms with Crippen LogP contribution in [0.4, 0.5) is 11.4 Å².